The number of aldehydes is 1. The molecular formula is C14H10BrN3O. The van der Waals surface area contributed by atoms with Gasteiger partial charge in [0.2, 0.25) is 0 Å². The van der Waals surface area contributed by atoms with Crippen LogP contribution in [-0.4, -0.2) is 20.9 Å². The van der Waals surface area contributed by atoms with E-state index in [0.29, 0.717) is 5.56 Å². The van der Waals surface area contributed by atoms with Crippen molar-refractivity contribution in [3.8, 4) is 11.1 Å². The number of benzene rings is 1. The molecule has 0 aliphatic heterocycles. The predicted molar refractivity (Wildman–Crippen MR) is 76.4 cm³/mol. The average Bonchev–Trinajstić information content (AvgIpc) is 2.94. The van der Waals surface area contributed by atoms with E-state index in [-0.39, 0.29) is 0 Å². The third-order valence-corrected chi connectivity index (χ3v) is 3.58. The molecule has 0 atom stereocenters. The molecule has 0 unspecified atom stereocenters. The first-order chi connectivity index (χ1) is 9.31. The van der Waals surface area contributed by atoms with Crippen molar-refractivity contribution in [1.82, 2.24) is 14.6 Å². The summed E-state index contributed by atoms with van der Waals surface area (Å²) in [6, 6.07) is 9.55. The van der Waals surface area contributed by atoms with Gasteiger partial charge in [-0.15, -0.1) is 0 Å². The van der Waals surface area contributed by atoms with Crippen molar-refractivity contribution in [2.24, 2.45) is 0 Å². The van der Waals surface area contributed by atoms with Crippen molar-refractivity contribution < 1.29 is 4.79 Å². The summed E-state index contributed by atoms with van der Waals surface area (Å²) in [4.78, 5) is 14.9. The molecule has 3 rings (SSSR count). The van der Waals surface area contributed by atoms with Gasteiger partial charge < -0.3 is 0 Å². The van der Waals surface area contributed by atoms with Gasteiger partial charge in [0.1, 0.15) is 12.6 Å². The maximum Gasteiger partial charge on any atom is 0.159 e. The van der Waals surface area contributed by atoms with Crippen molar-refractivity contribution in [2.75, 3.05) is 0 Å². The fourth-order valence-electron chi connectivity index (χ4n) is 2.01. The van der Waals surface area contributed by atoms with Crippen LogP contribution in [0.1, 0.15) is 15.9 Å². The van der Waals surface area contributed by atoms with Gasteiger partial charge in [-0.25, -0.2) is 9.50 Å². The first kappa shape index (κ1) is 12.0. The molecule has 2 heterocycles. The van der Waals surface area contributed by atoms with Gasteiger partial charge in [-0.1, -0.05) is 40.2 Å². The van der Waals surface area contributed by atoms with E-state index in [9.17, 15) is 4.79 Å². The molecule has 0 bridgehead atoms. The molecule has 0 fully saturated rings. The zero-order valence-corrected chi connectivity index (χ0v) is 11.5. The van der Waals surface area contributed by atoms with Crippen LogP contribution >= 0.6 is 15.9 Å². The van der Waals surface area contributed by atoms with Crippen LogP contribution in [-0.2, 0) is 5.33 Å². The standard InChI is InChI=1S/C14H10BrN3O/c15-6-12-5-13(7-18-14(12)16-9-17-18)11-3-1-10(8-19)2-4-11/h1-5,7-9H,6H2. The summed E-state index contributed by atoms with van der Waals surface area (Å²) in [6.07, 6.45) is 4.32. The Morgan fingerprint density at radius 2 is 2.00 bits per heavy atom. The molecule has 1 aromatic carbocycles. The highest BCUT2D eigenvalue weighted by Crippen LogP contribution is 2.23. The zero-order chi connectivity index (χ0) is 13.2. The largest absolute Gasteiger partial charge is 0.298 e. The van der Waals surface area contributed by atoms with Gasteiger partial charge in [0.15, 0.2) is 5.65 Å². The summed E-state index contributed by atoms with van der Waals surface area (Å²) in [7, 11) is 0. The summed E-state index contributed by atoms with van der Waals surface area (Å²) in [5, 5.41) is 4.89. The van der Waals surface area contributed by atoms with Crippen molar-refractivity contribution in [3.05, 3.63) is 54.0 Å². The molecule has 5 heteroatoms. The molecule has 0 spiro atoms. The minimum atomic E-state index is 0.672. The summed E-state index contributed by atoms with van der Waals surface area (Å²) >= 11 is 3.47. The third kappa shape index (κ3) is 2.17. The van der Waals surface area contributed by atoms with E-state index in [0.717, 1.165) is 34.0 Å². The number of fused-ring (bicyclic) bond motifs is 1. The van der Waals surface area contributed by atoms with Crippen LogP contribution in [0.25, 0.3) is 16.8 Å². The number of halogens is 1. The molecule has 3 aromatic rings. The topological polar surface area (TPSA) is 47.3 Å². The second-order valence-corrected chi connectivity index (χ2v) is 4.72. The Morgan fingerprint density at radius 1 is 1.21 bits per heavy atom. The molecule has 0 aliphatic rings. The van der Waals surface area contributed by atoms with E-state index in [1.54, 1.807) is 10.8 Å². The summed E-state index contributed by atoms with van der Waals surface area (Å²) in [5.74, 6) is 0. The van der Waals surface area contributed by atoms with E-state index < -0.39 is 0 Å². The monoisotopic (exact) mass is 315 g/mol. The fourth-order valence-corrected chi connectivity index (χ4v) is 2.42. The van der Waals surface area contributed by atoms with Gasteiger partial charge in [0.05, 0.1) is 0 Å². The van der Waals surface area contributed by atoms with E-state index in [2.05, 4.69) is 32.1 Å². The minimum Gasteiger partial charge on any atom is -0.298 e. The Balaban J connectivity index is 2.15. The van der Waals surface area contributed by atoms with Gasteiger partial charge in [-0.2, -0.15) is 5.10 Å². The summed E-state index contributed by atoms with van der Waals surface area (Å²) in [5.41, 5.74) is 4.70. The average molecular weight is 316 g/mol. The van der Waals surface area contributed by atoms with Crippen LogP contribution in [0.15, 0.2) is 42.9 Å². The number of hydrogen-bond donors (Lipinski definition) is 0. The molecule has 0 N–H and O–H groups in total. The van der Waals surface area contributed by atoms with Crippen molar-refractivity contribution >= 4 is 27.9 Å². The van der Waals surface area contributed by atoms with Crippen LogP contribution in [0.5, 0.6) is 0 Å². The van der Waals surface area contributed by atoms with Gasteiger partial charge >= 0.3 is 0 Å². The van der Waals surface area contributed by atoms with Crippen LogP contribution in [0.3, 0.4) is 0 Å². The smallest absolute Gasteiger partial charge is 0.159 e. The highest BCUT2D eigenvalue weighted by atomic mass is 79.9. The number of nitrogens with zero attached hydrogens (tertiary/aromatic N) is 3. The van der Waals surface area contributed by atoms with Crippen molar-refractivity contribution in [2.45, 2.75) is 5.33 Å². The Hall–Kier alpha value is -2.01. The lowest BCUT2D eigenvalue weighted by molar-refractivity contribution is 0.112. The highest BCUT2D eigenvalue weighted by molar-refractivity contribution is 9.08. The predicted octanol–water partition coefficient (Wildman–Crippen LogP) is 3.10. The van der Waals surface area contributed by atoms with E-state index in [1.807, 2.05) is 30.5 Å². The summed E-state index contributed by atoms with van der Waals surface area (Å²) in [6.45, 7) is 0. The SMILES string of the molecule is O=Cc1ccc(-c2cc(CBr)c3ncnn3c2)cc1. The minimum absolute atomic E-state index is 0.672. The van der Waals surface area contributed by atoms with Crippen LogP contribution in [0, 0.1) is 0 Å². The van der Waals surface area contributed by atoms with Crippen molar-refractivity contribution in [3.63, 3.8) is 0 Å². The first-order valence-corrected chi connectivity index (χ1v) is 6.88. The Kier molecular flexibility index (Phi) is 3.13. The first-order valence-electron chi connectivity index (χ1n) is 5.75. The molecular weight excluding hydrogens is 306 g/mol. The third-order valence-electron chi connectivity index (χ3n) is 2.98. The Morgan fingerprint density at radius 3 is 2.68 bits per heavy atom. The van der Waals surface area contributed by atoms with E-state index in [4.69, 9.17) is 0 Å². The highest BCUT2D eigenvalue weighted by Gasteiger charge is 2.07. The van der Waals surface area contributed by atoms with Crippen LogP contribution in [0.2, 0.25) is 0 Å². The molecule has 2 aromatic heterocycles. The lowest BCUT2D eigenvalue weighted by Gasteiger charge is -2.06. The van der Waals surface area contributed by atoms with Gasteiger partial charge in [-0.3, -0.25) is 4.79 Å². The number of aromatic nitrogens is 3. The number of hydrogen-bond acceptors (Lipinski definition) is 3. The fraction of sp³-hybridized carbons (Fsp3) is 0.0714. The lowest BCUT2D eigenvalue weighted by atomic mass is 10.0. The Bertz CT molecular complexity index is 734. The molecule has 0 saturated carbocycles. The van der Waals surface area contributed by atoms with Crippen molar-refractivity contribution in [1.29, 1.82) is 0 Å². The zero-order valence-electron chi connectivity index (χ0n) is 9.95. The number of pyridine rings is 1. The van der Waals surface area contributed by atoms with Crippen LogP contribution < -0.4 is 0 Å². The second kappa shape index (κ2) is 4.93. The molecule has 19 heavy (non-hydrogen) atoms. The normalized spacial score (nSPS) is 10.8. The quantitative estimate of drug-likeness (QED) is 0.551. The molecule has 0 amide bonds. The van der Waals surface area contributed by atoms with Gasteiger partial charge in [-0.05, 0) is 11.6 Å². The van der Waals surface area contributed by atoms with Crippen LogP contribution in [0.4, 0.5) is 0 Å². The molecule has 0 saturated heterocycles. The van der Waals surface area contributed by atoms with Gasteiger partial charge in [0.25, 0.3) is 0 Å². The summed E-state index contributed by atoms with van der Waals surface area (Å²) < 4.78 is 1.76. The maximum atomic E-state index is 10.7. The second-order valence-electron chi connectivity index (χ2n) is 4.16. The molecule has 0 radical (unpaired) electrons. The lowest BCUT2D eigenvalue weighted by Crippen LogP contribution is -1.94. The molecule has 0 aliphatic carbocycles. The number of rotatable bonds is 3. The molecule has 4 nitrogen and oxygen atoms in total. The Labute approximate surface area is 118 Å². The number of alkyl halides is 1. The van der Waals surface area contributed by atoms with Gasteiger partial charge in [0, 0.05) is 28.2 Å². The number of carbonyl (C=O) groups excluding carboxylic acids is 1. The maximum absolute atomic E-state index is 10.7. The number of carbonyl (C=O) groups is 1. The van der Waals surface area contributed by atoms with E-state index >= 15 is 0 Å². The van der Waals surface area contributed by atoms with E-state index in [1.165, 1.54) is 0 Å². The molecule has 94 valence electrons.